The summed E-state index contributed by atoms with van der Waals surface area (Å²) >= 11 is 6.00. The summed E-state index contributed by atoms with van der Waals surface area (Å²) in [6.45, 7) is 0.966. The third-order valence-electron chi connectivity index (χ3n) is 4.32. The van der Waals surface area contributed by atoms with Crippen molar-refractivity contribution in [1.82, 2.24) is 4.90 Å². The maximum atomic E-state index is 12.5. The summed E-state index contributed by atoms with van der Waals surface area (Å²) in [7, 11) is 1.34. The third kappa shape index (κ3) is 4.01. The molecule has 1 heterocycles. The van der Waals surface area contributed by atoms with Gasteiger partial charge in [-0.2, -0.15) is 0 Å². The number of ether oxygens (including phenoxy) is 1. The topological polar surface area (TPSA) is 102 Å². The van der Waals surface area contributed by atoms with Gasteiger partial charge in [-0.25, -0.2) is 4.79 Å². The van der Waals surface area contributed by atoms with Gasteiger partial charge in [0.05, 0.1) is 22.6 Å². The Labute approximate surface area is 159 Å². The minimum atomic E-state index is -0.579. The van der Waals surface area contributed by atoms with Crippen molar-refractivity contribution >= 4 is 35.0 Å². The minimum absolute atomic E-state index is 0.00322. The second-order valence-electron chi connectivity index (χ2n) is 6.00. The van der Waals surface area contributed by atoms with Crippen LogP contribution in [-0.4, -0.2) is 35.5 Å². The van der Waals surface area contributed by atoms with Crippen LogP contribution in [0, 0.1) is 10.1 Å². The molecule has 0 aliphatic carbocycles. The summed E-state index contributed by atoms with van der Waals surface area (Å²) in [5.41, 5.74) is 2.50. The van der Waals surface area contributed by atoms with Crippen molar-refractivity contribution in [3.05, 3.63) is 68.2 Å². The van der Waals surface area contributed by atoms with E-state index >= 15 is 0 Å². The molecule has 3 rings (SSSR count). The molecule has 0 radical (unpaired) electrons. The fourth-order valence-electron chi connectivity index (χ4n) is 2.92. The quantitative estimate of drug-likeness (QED) is 0.638. The van der Waals surface area contributed by atoms with Crippen molar-refractivity contribution in [3.8, 4) is 0 Å². The van der Waals surface area contributed by atoms with E-state index in [9.17, 15) is 19.7 Å². The van der Waals surface area contributed by atoms with E-state index in [1.54, 1.807) is 17.0 Å². The van der Waals surface area contributed by atoms with Crippen molar-refractivity contribution in [3.63, 3.8) is 0 Å². The largest absolute Gasteiger partial charge is 0.453 e. The number of carbonyl (C=O) groups is 2. The molecule has 27 heavy (non-hydrogen) atoms. The van der Waals surface area contributed by atoms with E-state index in [1.165, 1.54) is 19.2 Å². The van der Waals surface area contributed by atoms with Gasteiger partial charge in [0.15, 0.2) is 0 Å². The van der Waals surface area contributed by atoms with Crippen LogP contribution in [0.15, 0.2) is 36.4 Å². The number of hydrogen-bond acceptors (Lipinski definition) is 5. The zero-order chi connectivity index (χ0) is 19.6. The van der Waals surface area contributed by atoms with Crippen LogP contribution in [0.3, 0.4) is 0 Å². The molecule has 2 aromatic carbocycles. The van der Waals surface area contributed by atoms with Crippen LogP contribution in [0.4, 0.5) is 16.2 Å². The Kier molecular flexibility index (Phi) is 5.27. The second kappa shape index (κ2) is 7.63. The number of rotatable bonds is 3. The van der Waals surface area contributed by atoms with Gasteiger partial charge in [-0.1, -0.05) is 17.7 Å². The molecule has 0 aromatic heterocycles. The second-order valence-corrected chi connectivity index (χ2v) is 6.41. The maximum absolute atomic E-state index is 12.5. The molecule has 2 amide bonds. The number of amides is 2. The summed E-state index contributed by atoms with van der Waals surface area (Å²) in [5, 5.41) is 13.5. The first-order chi connectivity index (χ1) is 12.9. The molecule has 140 valence electrons. The predicted molar refractivity (Wildman–Crippen MR) is 99.0 cm³/mol. The molecule has 8 nitrogen and oxygen atoms in total. The number of non-ortho nitro benzene ring substituents is 1. The SMILES string of the molecule is COC(=O)N1CCc2ccc(NC(=O)c3ccc([N+](=O)[O-])cc3Cl)cc2C1. The Morgan fingerprint density at radius 1 is 1.22 bits per heavy atom. The minimum Gasteiger partial charge on any atom is -0.453 e. The Morgan fingerprint density at radius 2 is 2.00 bits per heavy atom. The molecule has 1 N–H and O–H groups in total. The summed E-state index contributed by atoms with van der Waals surface area (Å²) in [5.74, 6) is -0.476. The molecule has 9 heteroatoms. The summed E-state index contributed by atoms with van der Waals surface area (Å²) in [6.07, 6.45) is 0.306. The van der Waals surface area contributed by atoms with Gasteiger partial charge in [0.25, 0.3) is 11.6 Å². The average molecular weight is 390 g/mol. The van der Waals surface area contributed by atoms with Crippen LogP contribution in [-0.2, 0) is 17.7 Å². The normalized spacial score (nSPS) is 12.9. The van der Waals surface area contributed by atoms with Gasteiger partial charge in [0, 0.05) is 30.9 Å². The van der Waals surface area contributed by atoms with Crippen LogP contribution in [0.2, 0.25) is 5.02 Å². The van der Waals surface area contributed by atoms with Crippen molar-refractivity contribution in [2.24, 2.45) is 0 Å². The maximum Gasteiger partial charge on any atom is 0.409 e. The number of benzene rings is 2. The van der Waals surface area contributed by atoms with E-state index in [1.807, 2.05) is 6.07 Å². The lowest BCUT2D eigenvalue weighted by Crippen LogP contribution is -2.35. The zero-order valence-electron chi connectivity index (χ0n) is 14.4. The lowest BCUT2D eigenvalue weighted by molar-refractivity contribution is -0.384. The first kappa shape index (κ1) is 18.7. The molecular formula is C18H16ClN3O5. The van der Waals surface area contributed by atoms with Gasteiger partial charge in [0.2, 0.25) is 0 Å². The van der Waals surface area contributed by atoms with Crippen LogP contribution < -0.4 is 5.32 Å². The Hall–Kier alpha value is -3.13. The smallest absolute Gasteiger partial charge is 0.409 e. The number of nitrogens with zero attached hydrogens (tertiary/aromatic N) is 2. The van der Waals surface area contributed by atoms with E-state index < -0.39 is 16.9 Å². The molecule has 2 aromatic rings. The lowest BCUT2D eigenvalue weighted by atomic mass is 9.99. The molecule has 0 bridgehead atoms. The molecule has 1 aliphatic heterocycles. The first-order valence-electron chi connectivity index (χ1n) is 8.09. The van der Waals surface area contributed by atoms with Crippen molar-refractivity contribution in [2.75, 3.05) is 19.0 Å². The predicted octanol–water partition coefficient (Wildman–Crippen LogP) is 3.63. The molecule has 0 fully saturated rings. The van der Waals surface area contributed by atoms with E-state index in [-0.39, 0.29) is 16.3 Å². The summed E-state index contributed by atoms with van der Waals surface area (Å²) in [4.78, 5) is 35.9. The number of nitro groups is 1. The molecule has 0 atom stereocenters. The van der Waals surface area contributed by atoms with Gasteiger partial charge >= 0.3 is 6.09 Å². The Bertz CT molecular complexity index is 931. The first-order valence-corrected chi connectivity index (χ1v) is 8.47. The van der Waals surface area contributed by atoms with Crippen LogP contribution in [0.25, 0.3) is 0 Å². The third-order valence-corrected chi connectivity index (χ3v) is 4.63. The highest BCUT2D eigenvalue weighted by Gasteiger charge is 2.22. The number of methoxy groups -OCH3 is 1. The number of carbonyl (C=O) groups excluding carboxylic acids is 2. The van der Waals surface area contributed by atoms with E-state index in [0.29, 0.717) is 25.2 Å². The van der Waals surface area contributed by atoms with Gasteiger partial charge in [-0.05, 0) is 35.7 Å². The van der Waals surface area contributed by atoms with E-state index in [4.69, 9.17) is 16.3 Å². The molecular weight excluding hydrogens is 374 g/mol. The monoisotopic (exact) mass is 389 g/mol. The Morgan fingerprint density at radius 3 is 2.67 bits per heavy atom. The molecule has 1 aliphatic rings. The van der Waals surface area contributed by atoms with Gasteiger partial charge in [-0.15, -0.1) is 0 Å². The van der Waals surface area contributed by atoms with Crippen molar-refractivity contribution in [2.45, 2.75) is 13.0 Å². The molecule has 0 saturated carbocycles. The fourth-order valence-corrected chi connectivity index (χ4v) is 3.18. The van der Waals surface area contributed by atoms with Crippen LogP contribution >= 0.6 is 11.6 Å². The van der Waals surface area contributed by atoms with Crippen molar-refractivity contribution in [1.29, 1.82) is 0 Å². The van der Waals surface area contributed by atoms with Crippen LogP contribution in [0.5, 0.6) is 0 Å². The molecule has 0 spiro atoms. The summed E-state index contributed by atoms with van der Waals surface area (Å²) in [6, 6.07) is 9.13. The highest BCUT2D eigenvalue weighted by molar-refractivity contribution is 6.34. The fraction of sp³-hybridized carbons (Fsp3) is 0.222. The van der Waals surface area contributed by atoms with Gasteiger partial charge < -0.3 is 15.0 Å². The number of nitrogens with one attached hydrogen (secondary N) is 1. The number of fused-ring (bicyclic) bond motifs is 1. The highest BCUT2D eigenvalue weighted by Crippen LogP contribution is 2.26. The highest BCUT2D eigenvalue weighted by atomic mass is 35.5. The number of nitro benzene ring substituents is 1. The summed E-state index contributed by atoms with van der Waals surface area (Å²) < 4.78 is 4.75. The Balaban J connectivity index is 1.78. The lowest BCUT2D eigenvalue weighted by Gasteiger charge is -2.28. The standard InChI is InChI=1S/C18H16ClN3O5/c1-27-18(24)21-7-6-11-2-3-13(8-12(11)10-21)20-17(23)15-5-4-14(22(25)26)9-16(15)19/h2-5,8-9H,6-7,10H2,1H3,(H,20,23). The molecule has 0 saturated heterocycles. The number of hydrogen-bond donors (Lipinski definition) is 1. The van der Waals surface area contributed by atoms with E-state index in [0.717, 1.165) is 17.2 Å². The van der Waals surface area contributed by atoms with Crippen molar-refractivity contribution < 1.29 is 19.2 Å². The zero-order valence-corrected chi connectivity index (χ0v) is 15.2. The number of anilines is 1. The average Bonchev–Trinajstić information content (AvgIpc) is 2.66. The molecule has 0 unspecified atom stereocenters. The van der Waals surface area contributed by atoms with Crippen LogP contribution in [0.1, 0.15) is 21.5 Å². The van der Waals surface area contributed by atoms with E-state index in [2.05, 4.69) is 5.32 Å². The van der Waals surface area contributed by atoms with Gasteiger partial charge in [-0.3, -0.25) is 14.9 Å². The number of halogens is 1. The van der Waals surface area contributed by atoms with Gasteiger partial charge in [0.1, 0.15) is 0 Å².